The molecule has 1 aromatic rings. The molecule has 3 rings (SSSR count). The van der Waals surface area contributed by atoms with Crippen LogP contribution in [-0.4, -0.2) is 68.3 Å². The van der Waals surface area contributed by atoms with Crippen LogP contribution in [0.15, 0.2) is 24.3 Å². The number of methoxy groups -OCH3 is 1. The molecule has 0 N–H and O–H groups in total. The number of benzene rings is 1. The lowest BCUT2D eigenvalue weighted by atomic mass is 9.94. The van der Waals surface area contributed by atoms with Gasteiger partial charge < -0.3 is 4.74 Å². The van der Waals surface area contributed by atoms with Gasteiger partial charge in [0.05, 0.1) is 7.11 Å². The molecule has 0 aromatic heterocycles. The highest BCUT2D eigenvalue weighted by Crippen LogP contribution is 2.25. The van der Waals surface area contributed by atoms with Crippen LogP contribution in [0.1, 0.15) is 32.3 Å². The third-order valence-corrected chi connectivity index (χ3v) is 7.57. The number of hydrogen-bond acceptors (Lipinski definition) is 4. The van der Waals surface area contributed by atoms with Crippen LogP contribution in [0.3, 0.4) is 0 Å². The summed E-state index contributed by atoms with van der Waals surface area (Å²) >= 11 is 0. The van der Waals surface area contributed by atoms with Gasteiger partial charge in [0.25, 0.3) is 10.2 Å². The van der Waals surface area contributed by atoms with Crippen molar-refractivity contribution in [2.45, 2.75) is 33.2 Å². The second-order valence-electron chi connectivity index (χ2n) is 8.15. The third kappa shape index (κ3) is 5.22. The van der Waals surface area contributed by atoms with Crippen molar-refractivity contribution < 1.29 is 13.2 Å². The molecule has 2 atom stereocenters. The fourth-order valence-electron chi connectivity index (χ4n) is 4.28. The van der Waals surface area contributed by atoms with E-state index in [4.69, 9.17) is 4.74 Å². The Morgan fingerprint density at radius 3 is 2.26 bits per heavy atom. The van der Waals surface area contributed by atoms with Gasteiger partial charge in [-0.3, -0.25) is 4.90 Å². The van der Waals surface area contributed by atoms with Crippen LogP contribution in [0.2, 0.25) is 0 Å². The first kappa shape index (κ1) is 20.6. The van der Waals surface area contributed by atoms with Gasteiger partial charge in [-0.15, -0.1) is 0 Å². The van der Waals surface area contributed by atoms with E-state index in [-0.39, 0.29) is 0 Å². The second kappa shape index (κ2) is 8.90. The van der Waals surface area contributed by atoms with E-state index in [0.717, 1.165) is 38.2 Å². The summed E-state index contributed by atoms with van der Waals surface area (Å²) in [6.45, 7) is 9.31. The van der Waals surface area contributed by atoms with Crippen molar-refractivity contribution >= 4 is 10.2 Å². The fraction of sp³-hybridized carbons (Fsp3) is 0.700. The maximum Gasteiger partial charge on any atom is 0.282 e. The quantitative estimate of drug-likeness (QED) is 0.768. The average molecular weight is 396 g/mol. The first-order valence-corrected chi connectivity index (χ1v) is 11.4. The SMILES string of the molecule is COc1ccc(CN2CCCN(S(=O)(=O)N3CC(C)CC(C)C3)CC2)cc1. The van der Waals surface area contributed by atoms with Crippen LogP contribution in [0.4, 0.5) is 0 Å². The summed E-state index contributed by atoms with van der Waals surface area (Å²) in [6.07, 6.45) is 1.98. The van der Waals surface area contributed by atoms with Gasteiger partial charge in [-0.2, -0.15) is 17.0 Å². The number of hydrogen-bond donors (Lipinski definition) is 0. The number of rotatable bonds is 5. The molecule has 0 spiro atoms. The van der Waals surface area contributed by atoms with E-state index >= 15 is 0 Å². The predicted molar refractivity (Wildman–Crippen MR) is 108 cm³/mol. The maximum atomic E-state index is 13.1. The van der Waals surface area contributed by atoms with Gasteiger partial charge in [0.2, 0.25) is 0 Å². The fourth-order valence-corrected chi connectivity index (χ4v) is 6.17. The zero-order chi connectivity index (χ0) is 19.4. The molecule has 0 saturated carbocycles. The molecule has 6 nitrogen and oxygen atoms in total. The van der Waals surface area contributed by atoms with Crippen LogP contribution < -0.4 is 4.74 Å². The summed E-state index contributed by atoms with van der Waals surface area (Å²) in [7, 11) is -1.69. The topological polar surface area (TPSA) is 53.1 Å². The van der Waals surface area contributed by atoms with Gasteiger partial charge in [0.15, 0.2) is 0 Å². The van der Waals surface area contributed by atoms with E-state index < -0.39 is 10.2 Å². The molecule has 2 heterocycles. The van der Waals surface area contributed by atoms with Gasteiger partial charge in [-0.25, -0.2) is 0 Å². The Kier molecular flexibility index (Phi) is 6.78. The predicted octanol–water partition coefficient (Wildman–Crippen LogP) is 2.43. The van der Waals surface area contributed by atoms with Gasteiger partial charge >= 0.3 is 0 Å². The van der Waals surface area contributed by atoms with E-state index in [1.807, 2.05) is 12.1 Å². The van der Waals surface area contributed by atoms with Crippen molar-refractivity contribution in [3.63, 3.8) is 0 Å². The molecular formula is C20H33N3O3S. The molecule has 152 valence electrons. The zero-order valence-corrected chi connectivity index (χ0v) is 17.6. The highest BCUT2D eigenvalue weighted by Gasteiger charge is 2.35. The minimum atomic E-state index is -3.36. The van der Waals surface area contributed by atoms with Crippen molar-refractivity contribution in [2.75, 3.05) is 46.4 Å². The van der Waals surface area contributed by atoms with Crippen LogP contribution in [0.5, 0.6) is 5.75 Å². The van der Waals surface area contributed by atoms with E-state index in [1.54, 1.807) is 15.7 Å². The molecule has 2 unspecified atom stereocenters. The Morgan fingerprint density at radius 2 is 1.63 bits per heavy atom. The van der Waals surface area contributed by atoms with Gasteiger partial charge in [-0.05, 0) is 48.9 Å². The van der Waals surface area contributed by atoms with Crippen molar-refractivity contribution in [1.29, 1.82) is 0 Å². The van der Waals surface area contributed by atoms with Crippen molar-refractivity contribution in [1.82, 2.24) is 13.5 Å². The minimum absolute atomic E-state index is 0.432. The summed E-state index contributed by atoms with van der Waals surface area (Å²) in [5.74, 6) is 1.72. The second-order valence-corrected chi connectivity index (χ2v) is 10.1. The van der Waals surface area contributed by atoms with Crippen molar-refractivity contribution in [3.05, 3.63) is 29.8 Å². The highest BCUT2D eigenvalue weighted by molar-refractivity contribution is 7.86. The van der Waals surface area contributed by atoms with Crippen LogP contribution >= 0.6 is 0 Å². The van der Waals surface area contributed by atoms with E-state index in [0.29, 0.717) is 38.0 Å². The summed E-state index contributed by atoms with van der Waals surface area (Å²) < 4.78 is 34.9. The molecule has 0 amide bonds. The Labute approximate surface area is 164 Å². The molecule has 1 aromatic carbocycles. The molecule has 2 aliphatic heterocycles. The zero-order valence-electron chi connectivity index (χ0n) is 16.8. The summed E-state index contributed by atoms with van der Waals surface area (Å²) in [5, 5.41) is 0. The van der Waals surface area contributed by atoms with E-state index in [2.05, 4.69) is 30.9 Å². The average Bonchev–Trinajstić information content (AvgIpc) is 2.87. The van der Waals surface area contributed by atoms with E-state index in [9.17, 15) is 8.42 Å². The van der Waals surface area contributed by atoms with Crippen molar-refractivity contribution in [2.24, 2.45) is 11.8 Å². The molecule has 0 aliphatic carbocycles. The first-order valence-electron chi connectivity index (χ1n) is 9.99. The first-order chi connectivity index (χ1) is 12.9. The summed E-state index contributed by atoms with van der Waals surface area (Å²) in [4.78, 5) is 2.35. The van der Waals surface area contributed by atoms with Crippen LogP contribution in [-0.2, 0) is 16.8 Å². The maximum absolute atomic E-state index is 13.1. The minimum Gasteiger partial charge on any atom is -0.497 e. The molecule has 2 saturated heterocycles. The Hall–Kier alpha value is -1.15. The van der Waals surface area contributed by atoms with Crippen molar-refractivity contribution in [3.8, 4) is 5.75 Å². The molecule has 2 aliphatic rings. The standard InChI is InChI=1S/C20H33N3O3S/c1-17-13-18(2)15-23(14-17)27(24,25)22-10-4-9-21(11-12-22)16-19-5-7-20(26-3)8-6-19/h5-8,17-18H,4,9-16H2,1-3H3. The van der Waals surface area contributed by atoms with Gasteiger partial charge in [-0.1, -0.05) is 26.0 Å². The summed E-state index contributed by atoms with van der Waals surface area (Å²) in [6, 6.07) is 8.11. The smallest absolute Gasteiger partial charge is 0.282 e. The monoisotopic (exact) mass is 395 g/mol. The van der Waals surface area contributed by atoms with Crippen LogP contribution in [0, 0.1) is 11.8 Å². The lowest BCUT2D eigenvalue weighted by Crippen LogP contribution is -2.50. The molecule has 0 bridgehead atoms. The molecule has 7 heteroatoms. The Bertz CT molecular complexity index is 698. The molecule has 27 heavy (non-hydrogen) atoms. The highest BCUT2D eigenvalue weighted by atomic mass is 32.2. The number of ether oxygens (including phenoxy) is 1. The normalized spacial score (nSPS) is 26.6. The molecular weight excluding hydrogens is 362 g/mol. The number of piperidine rings is 1. The molecule has 0 radical (unpaired) electrons. The Morgan fingerprint density at radius 1 is 0.963 bits per heavy atom. The van der Waals surface area contributed by atoms with Gasteiger partial charge in [0.1, 0.15) is 5.75 Å². The largest absolute Gasteiger partial charge is 0.497 e. The summed E-state index contributed by atoms with van der Waals surface area (Å²) in [5.41, 5.74) is 1.23. The Balaban J connectivity index is 1.60. The van der Waals surface area contributed by atoms with Crippen LogP contribution in [0.25, 0.3) is 0 Å². The number of nitrogens with zero attached hydrogens (tertiary/aromatic N) is 3. The third-order valence-electron chi connectivity index (χ3n) is 5.60. The van der Waals surface area contributed by atoms with Gasteiger partial charge in [0, 0.05) is 39.3 Å². The molecule has 2 fully saturated rings. The lowest BCUT2D eigenvalue weighted by Gasteiger charge is -2.37. The van der Waals surface area contributed by atoms with E-state index in [1.165, 1.54) is 5.56 Å². The lowest BCUT2D eigenvalue weighted by molar-refractivity contribution is 0.208.